The number of hydrogen-bond donors (Lipinski definition) is 0. The van der Waals surface area contributed by atoms with Gasteiger partial charge in [0.25, 0.3) is 0 Å². The van der Waals surface area contributed by atoms with Crippen LogP contribution in [0.25, 0.3) is 27.5 Å². The molecule has 20 heavy (non-hydrogen) atoms. The molecule has 1 radical (unpaired) electrons. The Morgan fingerprint density at radius 3 is 1.70 bits per heavy atom. The van der Waals surface area contributed by atoms with Crippen LogP contribution in [-0.4, -0.2) is 9.55 Å². The van der Waals surface area contributed by atoms with Gasteiger partial charge in [-0.15, -0.1) is 0 Å². The van der Waals surface area contributed by atoms with Crippen molar-refractivity contribution in [3.8, 4) is 5.69 Å². The van der Waals surface area contributed by atoms with Crippen LogP contribution in [0.15, 0.2) is 73.1 Å². The van der Waals surface area contributed by atoms with Gasteiger partial charge in [0.05, 0.1) is 11.0 Å². The first-order chi connectivity index (χ1) is 9.45. The Kier molecular flexibility index (Phi) is 3.31. The zero-order chi connectivity index (χ0) is 12.7. The zero-order valence-corrected chi connectivity index (χ0v) is 11.6. The molecule has 0 saturated heterocycles. The largest absolute Gasteiger partial charge is 0.309 e. The normalized spacial score (nSPS) is 10.6. The SMILES string of the molecule is [Cu].c1ccc2c(c1)c1ccccc1n2-c1ccncc1. The zero-order valence-electron chi connectivity index (χ0n) is 10.6. The molecule has 0 fully saturated rings. The Labute approximate surface area is 127 Å². The van der Waals surface area contributed by atoms with E-state index < -0.39 is 0 Å². The van der Waals surface area contributed by atoms with Crippen LogP contribution in [0.3, 0.4) is 0 Å². The van der Waals surface area contributed by atoms with Crippen LogP contribution in [0.4, 0.5) is 0 Å². The van der Waals surface area contributed by atoms with E-state index in [-0.39, 0.29) is 17.1 Å². The smallest absolute Gasteiger partial charge is 0.0541 e. The quantitative estimate of drug-likeness (QED) is 0.482. The maximum absolute atomic E-state index is 4.10. The van der Waals surface area contributed by atoms with E-state index in [0.29, 0.717) is 0 Å². The van der Waals surface area contributed by atoms with Gasteiger partial charge in [-0.2, -0.15) is 0 Å². The third-order valence-corrected chi connectivity index (χ3v) is 3.50. The molecule has 0 N–H and O–H groups in total. The first-order valence-electron chi connectivity index (χ1n) is 6.34. The van der Waals surface area contributed by atoms with Gasteiger partial charge in [-0.3, -0.25) is 4.98 Å². The van der Waals surface area contributed by atoms with Gasteiger partial charge in [0.2, 0.25) is 0 Å². The van der Waals surface area contributed by atoms with Crippen molar-refractivity contribution in [2.24, 2.45) is 0 Å². The average Bonchev–Trinajstić information content (AvgIpc) is 2.83. The molecule has 2 aromatic heterocycles. The third-order valence-electron chi connectivity index (χ3n) is 3.50. The molecule has 0 bridgehead atoms. The second-order valence-electron chi connectivity index (χ2n) is 4.58. The minimum absolute atomic E-state index is 0. The molecule has 0 aliphatic rings. The molecule has 2 heterocycles. The molecule has 0 atom stereocenters. The van der Waals surface area contributed by atoms with E-state index in [9.17, 15) is 0 Å². The second kappa shape index (κ2) is 5.12. The summed E-state index contributed by atoms with van der Waals surface area (Å²) >= 11 is 0. The number of para-hydroxylation sites is 2. The van der Waals surface area contributed by atoms with Crippen molar-refractivity contribution >= 4 is 21.8 Å². The summed E-state index contributed by atoms with van der Waals surface area (Å²) in [6, 6.07) is 21.1. The number of fused-ring (bicyclic) bond motifs is 3. The van der Waals surface area contributed by atoms with Crippen molar-refractivity contribution in [2.45, 2.75) is 0 Å². The molecule has 2 nitrogen and oxygen atoms in total. The van der Waals surface area contributed by atoms with Gasteiger partial charge < -0.3 is 4.57 Å². The molecule has 4 aromatic rings. The molecule has 0 amide bonds. The molecule has 4 rings (SSSR count). The first kappa shape index (κ1) is 12.9. The monoisotopic (exact) mass is 307 g/mol. The van der Waals surface area contributed by atoms with Gasteiger partial charge in [-0.1, -0.05) is 36.4 Å². The summed E-state index contributed by atoms with van der Waals surface area (Å²) in [5, 5.41) is 2.57. The topological polar surface area (TPSA) is 17.8 Å². The van der Waals surface area contributed by atoms with E-state index in [0.717, 1.165) is 5.69 Å². The predicted octanol–water partition coefficient (Wildman–Crippen LogP) is 4.18. The molecule has 101 valence electrons. The van der Waals surface area contributed by atoms with Gasteiger partial charge in [0, 0.05) is 45.9 Å². The molecule has 3 heteroatoms. The molecule has 0 saturated carbocycles. The fourth-order valence-electron chi connectivity index (χ4n) is 2.69. The number of nitrogens with zero attached hydrogens (tertiary/aromatic N) is 2. The van der Waals surface area contributed by atoms with Gasteiger partial charge in [0.15, 0.2) is 0 Å². The van der Waals surface area contributed by atoms with E-state index in [4.69, 9.17) is 0 Å². The van der Waals surface area contributed by atoms with Crippen molar-refractivity contribution in [1.82, 2.24) is 9.55 Å². The number of benzene rings is 2. The van der Waals surface area contributed by atoms with Gasteiger partial charge in [0.1, 0.15) is 0 Å². The fourth-order valence-corrected chi connectivity index (χ4v) is 2.69. The summed E-state index contributed by atoms with van der Waals surface area (Å²) in [5.74, 6) is 0. The maximum atomic E-state index is 4.10. The molecular weight excluding hydrogens is 296 g/mol. The number of aromatic nitrogens is 2. The summed E-state index contributed by atoms with van der Waals surface area (Å²) in [6.45, 7) is 0. The Balaban J connectivity index is 0.00000121. The summed E-state index contributed by atoms with van der Waals surface area (Å²) in [6.07, 6.45) is 3.66. The number of hydrogen-bond acceptors (Lipinski definition) is 1. The average molecular weight is 308 g/mol. The van der Waals surface area contributed by atoms with Crippen molar-refractivity contribution < 1.29 is 17.1 Å². The van der Waals surface area contributed by atoms with Crippen LogP contribution in [0, 0.1) is 0 Å². The summed E-state index contributed by atoms with van der Waals surface area (Å²) in [4.78, 5) is 4.10. The van der Waals surface area contributed by atoms with E-state index in [1.165, 1.54) is 21.8 Å². The standard InChI is InChI=1S/C17H12N2.Cu/c1-3-7-16-14(5-1)15-6-2-4-8-17(15)19(16)13-9-11-18-12-10-13;/h1-12H;. The van der Waals surface area contributed by atoms with Crippen LogP contribution in [0.1, 0.15) is 0 Å². The summed E-state index contributed by atoms with van der Waals surface area (Å²) in [5.41, 5.74) is 3.61. The maximum Gasteiger partial charge on any atom is 0.0541 e. The van der Waals surface area contributed by atoms with Crippen LogP contribution < -0.4 is 0 Å². The van der Waals surface area contributed by atoms with Crippen molar-refractivity contribution in [1.29, 1.82) is 0 Å². The Hall–Kier alpha value is -2.09. The van der Waals surface area contributed by atoms with Gasteiger partial charge in [-0.05, 0) is 24.3 Å². The Morgan fingerprint density at radius 1 is 0.650 bits per heavy atom. The van der Waals surface area contributed by atoms with E-state index >= 15 is 0 Å². The van der Waals surface area contributed by atoms with Crippen molar-refractivity contribution in [3.63, 3.8) is 0 Å². The number of pyridine rings is 1. The van der Waals surface area contributed by atoms with E-state index in [1.54, 1.807) is 0 Å². The molecule has 2 aromatic carbocycles. The second-order valence-corrected chi connectivity index (χ2v) is 4.58. The summed E-state index contributed by atoms with van der Waals surface area (Å²) in [7, 11) is 0. The Bertz CT molecular complexity index is 813. The molecular formula is C17H12CuN2. The summed E-state index contributed by atoms with van der Waals surface area (Å²) < 4.78 is 2.28. The van der Waals surface area contributed by atoms with Crippen LogP contribution in [-0.2, 0) is 17.1 Å². The minimum atomic E-state index is 0. The van der Waals surface area contributed by atoms with Crippen LogP contribution in [0.5, 0.6) is 0 Å². The van der Waals surface area contributed by atoms with Crippen molar-refractivity contribution in [2.75, 3.05) is 0 Å². The third kappa shape index (κ3) is 1.83. The molecule has 0 aliphatic heterocycles. The Morgan fingerprint density at radius 2 is 1.15 bits per heavy atom. The van der Waals surface area contributed by atoms with Crippen molar-refractivity contribution in [3.05, 3.63) is 73.1 Å². The van der Waals surface area contributed by atoms with Crippen LogP contribution in [0.2, 0.25) is 0 Å². The number of rotatable bonds is 1. The molecule has 0 spiro atoms. The van der Waals surface area contributed by atoms with Crippen LogP contribution >= 0.6 is 0 Å². The van der Waals surface area contributed by atoms with E-state index in [1.807, 2.05) is 24.5 Å². The predicted molar refractivity (Wildman–Crippen MR) is 78.6 cm³/mol. The fraction of sp³-hybridized carbons (Fsp3) is 0. The van der Waals surface area contributed by atoms with Gasteiger partial charge >= 0.3 is 0 Å². The van der Waals surface area contributed by atoms with E-state index in [2.05, 4.69) is 58.1 Å². The minimum Gasteiger partial charge on any atom is -0.309 e. The van der Waals surface area contributed by atoms with Gasteiger partial charge in [-0.25, -0.2) is 0 Å². The molecule has 0 unspecified atom stereocenters. The molecule has 0 aliphatic carbocycles. The first-order valence-corrected chi connectivity index (χ1v) is 6.34.